The Morgan fingerprint density at radius 1 is 1.00 bits per heavy atom. The van der Waals surface area contributed by atoms with E-state index in [1.54, 1.807) is 22.6 Å². The molecular formula is C27H30FN3OS. The van der Waals surface area contributed by atoms with Gasteiger partial charge in [0.25, 0.3) is 5.56 Å². The molecule has 0 aliphatic carbocycles. The quantitative estimate of drug-likeness (QED) is 0.306. The molecule has 2 aromatic carbocycles. The fraction of sp³-hybridized carbons (Fsp3) is 0.333. The molecule has 4 aromatic rings. The van der Waals surface area contributed by atoms with Crippen LogP contribution in [0.4, 0.5) is 4.39 Å². The van der Waals surface area contributed by atoms with Gasteiger partial charge in [-0.2, -0.15) is 0 Å². The third-order valence-electron chi connectivity index (χ3n) is 5.66. The predicted molar refractivity (Wildman–Crippen MR) is 134 cm³/mol. The minimum absolute atomic E-state index is 0.110. The number of aromatic nitrogens is 2. The maximum atomic E-state index is 13.3. The van der Waals surface area contributed by atoms with Crippen molar-refractivity contribution in [2.75, 3.05) is 6.54 Å². The van der Waals surface area contributed by atoms with Gasteiger partial charge in [-0.15, -0.1) is 11.3 Å². The Labute approximate surface area is 198 Å². The van der Waals surface area contributed by atoms with Crippen LogP contribution in [0.3, 0.4) is 0 Å². The number of fused-ring (bicyclic) bond motifs is 1. The molecule has 0 saturated heterocycles. The molecule has 0 atom stereocenters. The molecule has 6 heteroatoms. The fourth-order valence-electron chi connectivity index (χ4n) is 4.06. The lowest BCUT2D eigenvalue weighted by Gasteiger charge is -2.24. The Kier molecular flexibility index (Phi) is 7.05. The Bertz CT molecular complexity index is 1270. The highest BCUT2D eigenvalue weighted by Gasteiger charge is 2.15. The van der Waals surface area contributed by atoms with Gasteiger partial charge in [-0.05, 0) is 52.8 Å². The molecule has 0 fully saturated rings. The highest BCUT2D eigenvalue weighted by Crippen LogP contribution is 2.25. The molecule has 0 unspecified atom stereocenters. The molecule has 172 valence electrons. The van der Waals surface area contributed by atoms with Crippen LogP contribution < -0.4 is 5.56 Å². The third kappa shape index (κ3) is 5.57. The summed E-state index contributed by atoms with van der Waals surface area (Å²) >= 11 is 1.43. The first-order valence-corrected chi connectivity index (χ1v) is 12.3. The van der Waals surface area contributed by atoms with Crippen LogP contribution in [-0.2, 0) is 13.1 Å². The van der Waals surface area contributed by atoms with Gasteiger partial charge in [-0.25, -0.2) is 9.37 Å². The molecule has 0 spiro atoms. The van der Waals surface area contributed by atoms with Crippen LogP contribution in [0.2, 0.25) is 0 Å². The molecule has 0 aliphatic heterocycles. The standard InChI is InChI=1S/C27H30FN3OS/c1-18(2)14-30(15-20-5-7-21(8-6-20)19(3)4)16-24-13-26(32)31-25(17-33-27(31)29-24)22-9-11-23(28)12-10-22/h5-13,17-19H,14-16H2,1-4H3. The smallest absolute Gasteiger partial charge is 0.259 e. The van der Waals surface area contributed by atoms with Gasteiger partial charge in [0.2, 0.25) is 0 Å². The highest BCUT2D eigenvalue weighted by molar-refractivity contribution is 7.15. The van der Waals surface area contributed by atoms with Crippen LogP contribution in [0, 0.1) is 11.7 Å². The van der Waals surface area contributed by atoms with Gasteiger partial charge in [0.05, 0.1) is 11.4 Å². The zero-order valence-corrected chi connectivity index (χ0v) is 20.4. The average molecular weight is 464 g/mol. The minimum Gasteiger partial charge on any atom is -0.293 e. The van der Waals surface area contributed by atoms with Crippen LogP contribution in [0.1, 0.15) is 50.4 Å². The highest BCUT2D eigenvalue weighted by atomic mass is 32.1. The first kappa shape index (κ1) is 23.3. The maximum Gasteiger partial charge on any atom is 0.259 e. The van der Waals surface area contributed by atoms with E-state index >= 15 is 0 Å². The Balaban J connectivity index is 1.59. The van der Waals surface area contributed by atoms with E-state index in [1.165, 1.54) is 34.6 Å². The fourth-order valence-corrected chi connectivity index (χ4v) is 4.99. The SMILES string of the molecule is CC(C)CN(Cc1ccc(C(C)C)cc1)Cc1cc(=O)n2c(-c3ccc(F)cc3)csc2n1. The number of rotatable bonds is 8. The first-order valence-electron chi connectivity index (χ1n) is 11.4. The van der Waals surface area contributed by atoms with Gasteiger partial charge in [-0.1, -0.05) is 52.0 Å². The molecule has 2 heterocycles. The number of hydrogen-bond acceptors (Lipinski definition) is 4. The Morgan fingerprint density at radius 3 is 2.33 bits per heavy atom. The van der Waals surface area contributed by atoms with Crippen molar-refractivity contribution in [3.63, 3.8) is 0 Å². The van der Waals surface area contributed by atoms with E-state index in [4.69, 9.17) is 4.98 Å². The summed E-state index contributed by atoms with van der Waals surface area (Å²) in [4.78, 5) is 20.8. The van der Waals surface area contributed by atoms with Gasteiger partial charge in [0.15, 0.2) is 4.96 Å². The molecule has 0 N–H and O–H groups in total. The summed E-state index contributed by atoms with van der Waals surface area (Å²) in [5, 5.41) is 1.91. The molecule has 0 radical (unpaired) electrons. The predicted octanol–water partition coefficient (Wildman–Crippen LogP) is 6.34. The number of nitrogens with zero attached hydrogens (tertiary/aromatic N) is 3. The molecule has 33 heavy (non-hydrogen) atoms. The number of benzene rings is 2. The van der Waals surface area contributed by atoms with Gasteiger partial charge in [-0.3, -0.25) is 14.1 Å². The van der Waals surface area contributed by atoms with Gasteiger partial charge in [0.1, 0.15) is 5.82 Å². The first-order chi connectivity index (χ1) is 15.8. The number of thiazole rings is 1. The summed E-state index contributed by atoms with van der Waals surface area (Å²) in [6.07, 6.45) is 0. The topological polar surface area (TPSA) is 37.6 Å². The zero-order chi connectivity index (χ0) is 23.5. The van der Waals surface area contributed by atoms with Crippen molar-refractivity contribution >= 4 is 16.3 Å². The lowest BCUT2D eigenvalue weighted by molar-refractivity contribution is 0.225. The van der Waals surface area contributed by atoms with E-state index in [0.29, 0.717) is 23.3 Å². The second kappa shape index (κ2) is 9.98. The zero-order valence-electron chi connectivity index (χ0n) is 19.6. The molecule has 0 saturated carbocycles. The van der Waals surface area contributed by atoms with Crippen molar-refractivity contribution in [2.24, 2.45) is 5.92 Å². The second-order valence-electron chi connectivity index (χ2n) is 9.29. The summed E-state index contributed by atoms with van der Waals surface area (Å²) in [5.41, 5.74) is 4.79. The van der Waals surface area contributed by atoms with Crippen LogP contribution in [0.25, 0.3) is 16.2 Å². The molecule has 0 amide bonds. The molecule has 2 aromatic heterocycles. The van der Waals surface area contributed by atoms with E-state index in [2.05, 4.69) is 56.9 Å². The van der Waals surface area contributed by atoms with Crippen LogP contribution in [0.15, 0.2) is 64.8 Å². The summed E-state index contributed by atoms with van der Waals surface area (Å²) in [5.74, 6) is 0.715. The van der Waals surface area contributed by atoms with E-state index in [9.17, 15) is 9.18 Å². The van der Waals surface area contributed by atoms with E-state index in [0.717, 1.165) is 30.0 Å². The van der Waals surface area contributed by atoms with Crippen LogP contribution in [-0.4, -0.2) is 20.8 Å². The van der Waals surface area contributed by atoms with Crippen molar-refractivity contribution in [3.8, 4) is 11.3 Å². The minimum atomic E-state index is -0.296. The van der Waals surface area contributed by atoms with Crippen molar-refractivity contribution in [2.45, 2.75) is 46.7 Å². The summed E-state index contributed by atoms with van der Waals surface area (Å²) in [7, 11) is 0. The lowest BCUT2D eigenvalue weighted by Crippen LogP contribution is -2.28. The van der Waals surface area contributed by atoms with Gasteiger partial charge >= 0.3 is 0 Å². The second-order valence-corrected chi connectivity index (χ2v) is 10.1. The number of hydrogen-bond donors (Lipinski definition) is 0. The molecule has 0 aliphatic rings. The van der Waals surface area contributed by atoms with E-state index in [-0.39, 0.29) is 11.4 Å². The normalized spacial score (nSPS) is 11.9. The van der Waals surface area contributed by atoms with Crippen molar-refractivity contribution in [1.82, 2.24) is 14.3 Å². The van der Waals surface area contributed by atoms with Crippen LogP contribution >= 0.6 is 11.3 Å². The van der Waals surface area contributed by atoms with Gasteiger partial charge in [0, 0.05) is 31.1 Å². The van der Waals surface area contributed by atoms with E-state index < -0.39 is 0 Å². The largest absolute Gasteiger partial charge is 0.293 e. The van der Waals surface area contributed by atoms with Crippen molar-refractivity contribution in [1.29, 1.82) is 0 Å². The van der Waals surface area contributed by atoms with Crippen molar-refractivity contribution in [3.05, 3.63) is 93.0 Å². The summed E-state index contributed by atoms with van der Waals surface area (Å²) in [6, 6.07) is 16.6. The molecule has 4 nitrogen and oxygen atoms in total. The molecule has 4 rings (SSSR count). The summed E-state index contributed by atoms with van der Waals surface area (Å²) in [6.45, 7) is 11.1. The van der Waals surface area contributed by atoms with E-state index in [1.807, 2.05) is 5.38 Å². The van der Waals surface area contributed by atoms with Crippen LogP contribution in [0.5, 0.6) is 0 Å². The lowest BCUT2D eigenvalue weighted by atomic mass is 10.0. The number of halogens is 1. The Hall–Kier alpha value is -2.83. The average Bonchev–Trinajstić information content (AvgIpc) is 3.18. The monoisotopic (exact) mass is 463 g/mol. The summed E-state index contributed by atoms with van der Waals surface area (Å²) < 4.78 is 14.9. The Morgan fingerprint density at radius 2 is 1.70 bits per heavy atom. The van der Waals surface area contributed by atoms with Crippen molar-refractivity contribution < 1.29 is 4.39 Å². The van der Waals surface area contributed by atoms with Gasteiger partial charge < -0.3 is 0 Å². The maximum absolute atomic E-state index is 13.3. The molecular weight excluding hydrogens is 433 g/mol. The third-order valence-corrected chi connectivity index (χ3v) is 6.49. The molecule has 0 bridgehead atoms.